The zero-order valence-corrected chi connectivity index (χ0v) is 10.2. The van der Waals surface area contributed by atoms with Crippen molar-refractivity contribution >= 4 is 10.0 Å². The molecule has 1 fully saturated rings. The zero-order valence-electron chi connectivity index (χ0n) is 9.33. The topological polar surface area (TPSA) is 50.3 Å². The fraction of sp³-hybridized carbons (Fsp3) is 0.545. The maximum atomic E-state index is 11.5. The Bertz CT molecular complexity index is 444. The molecule has 0 amide bonds. The van der Waals surface area contributed by atoms with Crippen LogP contribution in [0.3, 0.4) is 0 Å². The van der Waals surface area contributed by atoms with E-state index in [9.17, 15) is 8.42 Å². The Morgan fingerprint density at radius 1 is 1.44 bits per heavy atom. The van der Waals surface area contributed by atoms with E-state index in [0.29, 0.717) is 13.1 Å². The number of hydrogen-bond acceptors (Lipinski definition) is 3. The monoisotopic (exact) mass is 240 g/mol. The van der Waals surface area contributed by atoms with E-state index in [-0.39, 0.29) is 5.92 Å². The van der Waals surface area contributed by atoms with Crippen molar-refractivity contribution < 1.29 is 8.42 Å². The summed E-state index contributed by atoms with van der Waals surface area (Å²) in [6.07, 6.45) is 4.96. The molecule has 2 rings (SSSR count). The van der Waals surface area contributed by atoms with Crippen molar-refractivity contribution in [3.63, 3.8) is 0 Å². The summed E-state index contributed by atoms with van der Waals surface area (Å²) < 4.78 is 24.5. The third kappa shape index (κ3) is 2.59. The molecule has 0 N–H and O–H groups in total. The molecule has 0 spiro atoms. The molecule has 1 aliphatic rings. The molecule has 1 aliphatic heterocycles. The molecular formula is C11H16N2O2S. The molecule has 0 unspecified atom stereocenters. The van der Waals surface area contributed by atoms with Crippen LogP contribution in [0, 0.1) is 0 Å². The van der Waals surface area contributed by atoms with Gasteiger partial charge in [-0.3, -0.25) is 4.98 Å². The van der Waals surface area contributed by atoms with E-state index < -0.39 is 10.0 Å². The number of aromatic nitrogens is 1. The summed E-state index contributed by atoms with van der Waals surface area (Å²) in [7, 11) is -3.06. The first-order chi connectivity index (χ1) is 7.57. The van der Waals surface area contributed by atoms with Gasteiger partial charge in [-0.1, -0.05) is 6.07 Å². The first-order valence-electron chi connectivity index (χ1n) is 5.43. The predicted octanol–water partition coefficient (Wildman–Crippen LogP) is 1.22. The molecule has 1 aromatic rings. The maximum Gasteiger partial charge on any atom is 0.211 e. The molecule has 88 valence electrons. The Balaban J connectivity index is 2.14. The Morgan fingerprint density at radius 3 is 2.88 bits per heavy atom. The van der Waals surface area contributed by atoms with E-state index in [2.05, 4.69) is 4.98 Å². The van der Waals surface area contributed by atoms with Gasteiger partial charge in [-0.2, -0.15) is 0 Å². The molecule has 0 saturated carbocycles. The van der Waals surface area contributed by atoms with Crippen LogP contribution in [0.2, 0.25) is 0 Å². The second-order valence-corrected chi connectivity index (χ2v) is 6.20. The zero-order chi connectivity index (χ0) is 11.6. The number of nitrogens with zero attached hydrogens (tertiary/aromatic N) is 2. The standard InChI is InChI=1S/C11H16N2O2S/c1-16(14,15)13-8-4-5-10(9-13)11-6-2-3-7-12-11/h2-3,6-7,10H,4-5,8-9H2,1H3/t10-/m0/s1. The second kappa shape index (κ2) is 4.51. The number of hydrogen-bond donors (Lipinski definition) is 0. The van der Waals surface area contributed by atoms with Crippen LogP contribution < -0.4 is 0 Å². The molecule has 1 atom stereocenters. The summed E-state index contributed by atoms with van der Waals surface area (Å²) in [5.74, 6) is 0.240. The average Bonchev–Trinajstić information content (AvgIpc) is 2.29. The van der Waals surface area contributed by atoms with Gasteiger partial charge in [0.15, 0.2) is 0 Å². The smallest absolute Gasteiger partial charge is 0.211 e. The molecule has 2 heterocycles. The van der Waals surface area contributed by atoms with Gasteiger partial charge in [-0.05, 0) is 25.0 Å². The minimum absolute atomic E-state index is 0.240. The summed E-state index contributed by atoms with van der Waals surface area (Å²) in [6, 6.07) is 5.79. The van der Waals surface area contributed by atoms with Gasteiger partial charge in [0.1, 0.15) is 0 Å². The normalized spacial score (nSPS) is 23.2. The van der Waals surface area contributed by atoms with E-state index in [1.54, 1.807) is 10.5 Å². The first kappa shape index (κ1) is 11.5. The van der Waals surface area contributed by atoms with Crippen LogP contribution in [-0.2, 0) is 10.0 Å². The summed E-state index contributed by atoms with van der Waals surface area (Å²) in [5, 5.41) is 0. The molecule has 16 heavy (non-hydrogen) atoms. The van der Waals surface area contributed by atoms with E-state index in [1.807, 2.05) is 18.2 Å². The molecule has 0 radical (unpaired) electrons. The molecule has 4 nitrogen and oxygen atoms in total. The Morgan fingerprint density at radius 2 is 2.25 bits per heavy atom. The highest BCUT2D eigenvalue weighted by Crippen LogP contribution is 2.26. The number of rotatable bonds is 2. The van der Waals surface area contributed by atoms with Crippen molar-refractivity contribution in [2.45, 2.75) is 18.8 Å². The fourth-order valence-electron chi connectivity index (χ4n) is 2.10. The van der Waals surface area contributed by atoms with Crippen LogP contribution in [0.15, 0.2) is 24.4 Å². The second-order valence-electron chi connectivity index (χ2n) is 4.21. The van der Waals surface area contributed by atoms with Crippen molar-refractivity contribution in [1.29, 1.82) is 0 Å². The van der Waals surface area contributed by atoms with Crippen molar-refractivity contribution in [1.82, 2.24) is 9.29 Å². The van der Waals surface area contributed by atoms with Crippen molar-refractivity contribution in [3.8, 4) is 0 Å². The van der Waals surface area contributed by atoms with Gasteiger partial charge in [0.05, 0.1) is 6.26 Å². The van der Waals surface area contributed by atoms with Crippen LogP contribution in [0.25, 0.3) is 0 Å². The van der Waals surface area contributed by atoms with E-state index >= 15 is 0 Å². The molecule has 0 aromatic carbocycles. The number of pyridine rings is 1. The van der Waals surface area contributed by atoms with Crippen LogP contribution in [-0.4, -0.2) is 37.1 Å². The third-order valence-corrected chi connectivity index (χ3v) is 4.23. The number of sulfonamides is 1. The Labute approximate surface area is 96.4 Å². The minimum atomic E-state index is -3.06. The SMILES string of the molecule is CS(=O)(=O)N1CCC[C@H](c2ccccn2)C1. The van der Waals surface area contributed by atoms with E-state index in [0.717, 1.165) is 18.5 Å². The van der Waals surface area contributed by atoms with Crippen LogP contribution in [0.4, 0.5) is 0 Å². The Kier molecular flexibility index (Phi) is 3.25. The molecule has 0 aliphatic carbocycles. The predicted molar refractivity (Wildman–Crippen MR) is 62.6 cm³/mol. The van der Waals surface area contributed by atoms with Crippen molar-refractivity contribution in [2.75, 3.05) is 19.3 Å². The summed E-state index contributed by atoms with van der Waals surface area (Å²) in [4.78, 5) is 4.30. The highest BCUT2D eigenvalue weighted by Gasteiger charge is 2.27. The van der Waals surface area contributed by atoms with Crippen LogP contribution in [0.5, 0.6) is 0 Å². The van der Waals surface area contributed by atoms with Crippen molar-refractivity contribution in [3.05, 3.63) is 30.1 Å². The molecule has 1 aromatic heterocycles. The summed E-state index contributed by atoms with van der Waals surface area (Å²) in [6.45, 7) is 1.21. The Hall–Kier alpha value is -0.940. The molecule has 1 saturated heterocycles. The van der Waals surface area contributed by atoms with Crippen LogP contribution >= 0.6 is 0 Å². The third-order valence-electron chi connectivity index (χ3n) is 2.96. The first-order valence-corrected chi connectivity index (χ1v) is 7.28. The highest BCUT2D eigenvalue weighted by atomic mass is 32.2. The van der Waals surface area contributed by atoms with Crippen molar-refractivity contribution in [2.24, 2.45) is 0 Å². The van der Waals surface area contributed by atoms with Gasteiger partial charge >= 0.3 is 0 Å². The largest absolute Gasteiger partial charge is 0.261 e. The lowest BCUT2D eigenvalue weighted by Crippen LogP contribution is -2.38. The summed E-state index contributed by atoms with van der Waals surface area (Å²) >= 11 is 0. The lowest BCUT2D eigenvalue weighted by atomic mass is 9.96. The van der Waals surface area contributed by atoms with Gasteiger partial charge in [-0.15, -0.1) is 0 Å². The highest BCUT2D eigenvalue weighted by molar-refractivity contribution is 7.88. The minimum Gasteiger partial charge on any atom is -0.261 e. The lowest BCUT2D eigenvalue weighted by Gasteiger charge is -2.30. The molecule has 0 bridgehead atoms. The van der Waals surface area contributed by atoms with Gasteiger partial charge < -0.3 is 0 Å². The van der Waals surface area contributed by atoms with Gasteiger partial charge in [-0.25, -0.2) is 12.7 Å². The summed E-state index contributed by atoms with van der Waals surface area (Å²) in [5.41, 5.74) is 0.996. The van der Waals surface area contributed by atoms with Crippen LogP contribution in [0.1, 0.15) is 24.5 Å². The number of piperidine rings is 1. The van der Waals surface area contributed by atoms with E-state index in [4.69, 9.17) is 0 Å². The molecule has 5 heteroatoms. The fourth-order valence-corrected chi connectivity index (χ4v) is 3.01. The van der Waals surface area contributed by atoms with Gasteiger partial charge in [0, 0.05) is 30.9 Å². The quantitative estimate of drug-likeness (QED) is 0.781. The maximum absolute atomic E-state index is 11.5. The molecular weight excluding hydrogens is 224 g/mol. The average molecular weight is 240 g/mol. The van der Waals surface area contributed by atoms with Gasteiger partial charge in [0.25, 0.3) is 0 Å². The van der Waals surface area contributed by atoms with E-state index in [1.165, 1.54) is 6.26 Å². The van der Waals surface area contributed by atoms with Gasteiger partial charge in [0.2, 0.25) is 10.0 Å². The lowest BCUT2D eigenvalue weighted by molar-refractivity contribution is 0.314.